The average Bonchev–Trinajstić information content (AvgIpc) is 2.38. The van der Waals surface area contributed by atoms with Crippen LogP contribution in [0.4, 0.5) is 0 Å². The van der Waals surface area contributed by atoms with Crippen LogP contribution in [0.1, 0.15) is 39.7 Å². The van der Waals surface area contributed by atoms with Gasteiger partial charge in [-0.3, -0.25) is 4.79 Å². The topological polar surface area (TPSA) is 49.3 Å². The third-order valence-corrected chi connectivity index (χ3v) is 4.16. The van der Waals surface area contributed by atoms with Gasteiger partial charge in [0.15, 0.2) is 0 Å². The highest BCUT2D eigenvalue weighted by Gasteiger charge is 2.29. The number of rotatable bonds is 6. The van der Waals surface area contributed by atoms with E-state index in [2.05, 4.69) is 21.2 Å². The summed E-state index contributed by atoms with van der Waals surface area (Å²) in [6.45, 7) is 8.25. The second-order valence-corrected chi connectivity index (χ2v) is 6.90. The first-order valence-electron chi connectivity index (χ1n) is 6.97. The molecule has 0 aliphatic rings. The molecular formula is C16H24BrNO2. The van der Waals surface area contributed by atoms with Crippen LogP contribution in [0.5, 0.6) is 0 Å². The van der Waals surface area contributed by atoms with Crippen LogP contribution in [-0.2, 0) is 10.2 Å². The smallest absolute Gasteiger partial charge is 0.230 e. The van der Waals surface area contributed by atoms with E-state index in [4.69, 9.17) is 0 Å². The number of nitrogens with one attached hydrogen (secondary N) is 1. The Balaban J connectivity index is 2.59. The molecule has 3 nitrogen and oxygen atoms in total. The highest BCUT2D eigenvalue weighted by atomic mass is 79.9. The van der Waals surface area contributed by atoms with Gasteiger partial charge in [0.05, 0.1) is 11.5 Å². The molecule has 0 spiro atoms. The summed E-state index contributed by atoms with van der Waals surface area (Å²) in [7, 11) is 0. The summed E-state index contributed by atoms with van der Waals surface area (Å²) in [6, 6.07) is 7.78. The van der Waals surface area contributed by atoms with Crippen molar-refractivity contribution >= 4 is 21.8 Å². The predicted octanol–water partition coefficient (Wildman–Crippen LogP) is 3.25. The molecule has 1 amide bonds. The fraction of sp³-hybridized carbons (Fsp3) is 0.562. The largest absolute Gasteiger partial charge is 0.393 e. The lowest BCUT2D eigenvalue weighted by Gasteiger charge is -2.25. The maximum Gasteiger partial charge on any atom is 0.230 e. The normalized spacial score (nSPS) is 13.3. The van der Waals surface area contributed by atoms with E-state index in [1.54, 1.807) is 0 Å². The molecule has 0 fully saturated rings. The van der Waals surface area contributed by atoms with Gasteiger partial charge < -0.3 is 10.4 Å². The molecule has 0 radical (unpaired) electrons. The summed E-state index contributed by atoms with van der Waals surface area (Å²) in [6.07, 6.45) is 0.214. The molecule has 0 heterocycles. The number of benzene rings is 1. The third kappa shape index (κ3) is 4.60. The molecule has 1 rings (SSSR count). The molecule has 20 heavy (non-hydrogen) atoms. The van der Waals surface area contributed by atoms with Crippen molar-refractivity contribution in [2.75, 3.05) is 6.54 Å². The van der Waals surface area contributed by atoms with Crippen LogP contribution < -0.4 is 5.32 Å². The van der Waals surface area contributed by atoms with Gasteiger partial charge in [-0.2, -0.15) is 0 Å². The van der Waals surface area contributed by atoms with E-state index < -0.39 is 5.41 Å². The molecule has 0 aromatic heterocycles. The molecule has 1 atom stereocenters. The van der Waals surface area contributed by atoms with Gasteiger partial charge in [-0.15, -0.1) is 0 Å². The lowest BCUT2D eigenvalue weighted by Crippen LogP contribution is -2.41. The Labute approximate surface area is 129 Å². The maximum absolute atomic E-state index is 12.3. The fourth-order valence-electron chi connectivity index (χ4n) is 1.89. The van der Waals surface area contributed by atoms with Crippen molar-refractivity contribution in [1.82, 2.24) is 5.32 Å². The molecule has 2 N–H and O–H groups in total. The number of halogens is 1. The van der Waals surface area contributed by atoms with Crippen molar-refractivity contribution in [3.63, 3.8) is 0 Å². The Bertz CT molecular complexity index is 440. The molecule has 1 aromatic rings. The number of carbonyl (C=O) groups is 1. The molecule has 0 aliphatic carbocycles. The zero-order valence-corrected chi connectivity index (χ0v) is 14.2. The number of aliphatic hydroxyl groups excluding tert-OH is 1. The summed E-state index contributed by atoms with van der Waals surface area (Å²) in [4.78, 5) is 12.3. The molecule has 112 valence electrons. The van der Waals surface area contributed by atoms with E-state index in [1.165, 1.54) is 0 Å². The summed E-state index contributed by atoms with van der Waals surface area (Å²) < 4.78 is 0.998. The predicted molar refractivity (Wildman–Crippen MR) is 85.6 cm³/mol. The zero-order chi connectivity index (χ0) is 15.3. The molecular weight excluding hydrogens is 318 g/mol. The standard InChI is InChI=1S/C16H24BrNO2/c1-11(2)14(19)9-10-18-15(20)16(3,4)12-5-7-13(17)8-6-12/h5-8,11,14,19H,9-10H2,1-4H3,(H,18,20). The Morgan fingerprint density at radius 1 is 1.30 bits per heavy atom. The van der Waals surface area contributed by atoms with E-state index in [9.17, 15) is 9.90 Å². The van der Waals surface area contributed by atoms with Gasteiger partial charge in [0.2, 0.25) is 5.91 Å². The first-order chi connectivity index (χ1) is 9.25. The van der Waals surface area contributed by atoms with Gasteiger partial charge in [-0.25, -0.2) is 0 Å². The summed E-state index contributed by atoms with van der Waals surface area (Å²) >= 11 is 3.39. The van der Waals surface area contributed by atoms with Crippen molar-refractivity contribution < 1.29 is 9.90 Å². The van der Waals surface area contributed by atoms with Crippen LogP contribution in [0.25, 0.3) is 0 Å². The van der Waals surface area contributed by atoms with Gasteiger partial charge >= 0.3 is 0 Å². The Hall–Kier alpha value is -0.870. The molecule has 0 saturated heterocycles. The van der Waals surface area contributed by atoms with Crippen molar-refractivity contribution in [1.29, 1.82) is 0 Å². The second-order valence-electron chi connectivity index (χ2n) is 5.99. The highest BCUT2D eigenvalue weighted by Crippen LogP contribution is 2.25. The van der Waals surface area contributed by atoms with Crippen LogP contribution in [0, 0.1) is 5.92 Å². The summed E-state index contributed by atoms with van der Waals surface area (Å²) in [5.41, 5.74) is 0.395. The molecule has 1 unspecified atom stereocenters. The second kappa shape index (κ2) is 7.23. The first kappa shape index (κ1) is 17.2. The minimum Gasteiger partial charge on any atom is -0.393 e. The molecule has 0 bridgehead atoms. The molecule has 1 aromatic carbocycles. The number of aliphatic hydroxyl groups is 1. The monoisotopic (exact) mass is 341 g/mol. The summed E-state index contributed by atoms with van der Waals surface area (Å²) in [5.74, 6) is 0.196. The van der Waals surface area contributed by atoms with Gasteiger partial charge in [0, 0.05) is 11.0 Å². The highest BCUT2D eigenvalue weighted by molar-refractivity contribution is 9.10. The SMILES string of the molecule is CC(C)C(O)CCNC(=O)C(C)(C)c1ccc(Br)cc1. The summed E-state index contributed by atoms with van der Waals surface area (Å²) in [5, 5.41) is 12.6. The third-order valence-electron chi connectivity index (χ3n) is 3.63. The fourth-order valence-corrected chi connectivity index (χ4v) is 2.15. The lowest BCUT2D eigenvalue weighted by molar-refractivity contribution is -0.125. The Morgan fingerprint density at radius 2 is 1.85 bits per heavy atom. The number of carbonyl (C=O) groups excluding carboxylic acids is 1. The minimum absolute atomic E-state index is 0.0178. The van der Waals surface area contributed by atoms with Crippen molar-refractivity contribution in [3.05, 3.63) is 34.3 Å². The van der Waals surface area contributed by atoms with E-state index in [0.29, 0.717) is 13.0 Å². The van der Waals surface area contributed by atoms with E-state index in [0.717, 1.165) is 10.0 Å². The van der Waals surface area contributed by atoms with Gasteiger partial charge in [-0.1, -0.05) is 41.9 Å². The molecule has 4 heteroatoms. The molecule has 0 aliphatic heterocycles. The van der Waals surface area contributed by atoms with Crippen LogP contribution in [-0.4, -0.2) is 23.7 Å². The number of hydrogen-bond acceptors (Lipinski definition) is 2. The first-order valence-corrected chi connectivity index (χ1v) is 7.77. The molecule has 0 saturated carbocycles. The van der Waals surface area contributed by atoms with Gasteiger partial charge in [0.25, 0.3) is 0 Å². The van der Waals surface area contributed by atoms with Crippen LogP contribution >= 0.6 is 15.9 Å². The van der Waals surface area contributed by atoms with E-state index in [1.807, 2.05) is 52.0 Å². The van der Waals surface area contributed by atoms with Crippen LogP contribution in [0.3, 0.4) is 0 Å². The van der Waals surface area contributed by atoms with Crippen LogP contribution in [0.15, 0.2) is 28.7 Å². The quantitative estimate of drug-likeness (QED) is 0.834. The Morgan fingerprint density at radius 3 is 2.35 bits per heavy atom. The zero-order valence-electron chi connectivity index (χ0n) is 12.6. The minimum atomic E-state index is -0.580. The van der Waals surface area contributed by atoms with Gasteiger partial charge in [0.1, 0.15) is 0 Å². The van der Waals surface area contributed by atoms with Crippen molar-refractivity contribution in [2.45, 2.75) is 45.6 Å². The van der Waals surface area contributed by atoms with Crippen molar-refractivity contribution in [2.24, 2.45) is 5.92 Å². The lowest BCUT2D eigenvalue weighted by atomic mass is 9.83. The Kier molecular flexibility index (Phi) is 6.21. The van der Waals surface area contributed by atoms with E-state index in [-0.39, 0.29) is 17.9 Å². The number of hydrogen-bond donors (Lipinski definition) is 2. The van der Waals surface area contributed by atoms with Crippen molar-refractivity contribution in [3.8, 4) is 0 Å². The maximum atomic E-state index is 12.3. The number of amides is 1. The van der Waals surface area contributed by atoms with Gasteiger partial charge in [-0.05, 0) is 43.9 Å². The van der Waals surface area contributed by atoms with Crippen LogP contribution in [0.2, 0.25) is 0 Å². The average molecular weight is 342 g/mol. The van der Waals surface area contributed by atoms with E-state index >= 15 is 0 Å².